The highest BCUT2D eigenvalue weighted by Gasteiger charge is 2.34. The van der Waals surface area contributed by atoms with Gasteiger partial charge in [0.2, 0.25) is 0 Å². The summed E-state index contributed by atoms with van der Waals surface area (Å²) < 4.78 is 5.57. The summed E-state index contributed by atoms with van der Waals surface area (Å²) in [5, 5.41) is 2.37. The number of rotatable bonds is 8. The number of carbonyl (C=O) groups excluding carboxylic acids is 3. The average Bonchev–Trinajstić information content (AvgIpc) is 3.02. The summed E-state index contributed by atoms with van der Waals surface area (Å²) in [6, 6.07) is 16.8. The second-order valence-corrected chi connectivity index (χ2v) is 8.34. The van der Waals surface area contributed by atoms with Crippen LogP contribution in [0, 0.1) is 0 Å². The number of hydrogen-bond acceptors (Lipinski definition) is 6. The summed E-state index contributed by atoms with van der Waals surface area (Å²) in [5.41, 5.74) is 0.860. The first-order valence-corrected chi connectivity index (χ1v) is 11.4. The van der Waals surface area contributed by atoms with Crippen LogP contribution in [0.25, 0.3) is 6.08 Å². The van der Waals surface area contributed by atoms with Crippen molar-refractivity contribution in [1.29, 1.82) is 0 Å². The van der Waals surface area contributed by atoms with E-state index in [-0.39, 0.29) is 30.1 Å². The van der Waals surface area contributed by atoms with Gasteiger partial charge in [0.25, 0.3) is 17.1 Å². The second-order valence-electron chi connectivity index (χ2n) is 6.47. The van der Waals surface area contributed by atoms with Crippen molar-refractivity contribution in [3.05, 3.63) is 65.1 Å². The molecule has 0 radical (unpaired) electrons. The number of benzene rings is 2. The van der Waals surface area contributed by atoms with Crippen molar-refractivity contribution in [2.45, 2.75) is 17.9 Å². The van der Waals surface area contributed by atoms with Crippen molar-refractivity contribution in [3.63, 3.8) is 0 Å². The lowest BCUT2D eigenvalue weighted by molar-refractivity contribution is -0.128. The maximum atomic E-state index is 12.6. The van der Waals surface area contributed by atoms with Crippen molar-refractivity contribution in [2.75, 3.05) is 19.3 Å². The van der Waals surface area contributed by atoms with E-state index in [0.29, 0.717) is 10.7 Å². The fraction of sp³-hybridized carbons (Fsp3) is 0.227. The summed E-state index contributed by atoms with van der Waals surface area (Å²) >= 11 is 2.55. The van der Waals surface area contributed by atoms with Crippen LogP contribution < -0.4 is 10.1 Å². The van der Waals surface area contributed by atoms with Crippen LogP contribution >= 0.6 is 23.5 Å². The predicted molar refractivity (Wildman–Crippen MR) is 120 cm³/mol. The van der Waals surface area contributed by atoms with Crippen LogP contribution in [-0.4, -0.2) is 47.4 Å². The van der Waals surface area contributed by atoms with Crippen LogP contribution in [0.3, 0.4) is 0 Å². The van der Waals surface area contributed by atoms with Gasteiger partial charge in [-0.1, -0.05) is 30.3 Å². The molecule has 1 fully saturated rings. The molecule has 1 heterocycles. The van der Waals surface area contributed by atoms with Gasteiger partial charge < -0.3 is 10.1 Å². The number of carbonyl (C=O) groups is 3. The molecule has 0 saturated carbocycles. The number of imide groups is 1. The molecule has 2 aromatic rings. The zero-order chi connectivity index (χ0) is 21.5. The first-order chi connectivity index (χ1) is 14.5. The molecule has 0 unspecified atom stereocenters. The molecule has 30 heavy (non-hydrogen) atoms. The molecule has 0 bridgehead atoms. The van der Waals surface area contributed by atoms with E-state index < -0.39 is 6.10 Å². The molecule has 1 atom stereocenters. The Labute approximate surface area is 184 Å². The normalized spacial score (nSPS) is 16.1. The van der Waals surface area contributed by atoms with Gasteiger partial charge in [-0.05, 0) is 60.8 Å². The molecule has 1 N–H and O–H groups in total. The maximum absolute atomic E-state index is 12.6. The molecule has 3 amide bonds. The number of ether oxygens (including phenoxy) is 1. The molecule has 3 rings (SSSR count). The Kier molecular flexibility index (Phi) is 7.59. The maximum Gasteiger partial charge on any atom is 0.293 e. The van der Waals surface area contributed by atoms with Crippen molar-refractivity contribution < 1.29 is 19.1 Å². The largest absolute Gasteiger partial charge is 0.481 e. The summed E-state index contributed by atoms with van der Waals surface area (Å²) in [7, 11) is 0. The van der Waals surface area contributed by atoms with Gasteiger partial charge in [-0.15, -0.1) is 11.8 Å². The lowest BCUT2D eigenvalue weighted by Crippen LogP contribution is -2.41. The van der Waals surface area contributed by atoms with Gasteiger partial charge in [0.15, 0.2) is 6.10 Å². The van der Waals surface area contributed by atoms with Crippen LogP contribution in [0.2, 0.25) is 0 Å². The molecule has 0 spiro atoms. The van der Waals surface area contributed by atoms with Gasteiger partial charge in [0.1, 0.15) is 5.75 Å². The topological polar surface area (TPSA) is 75.7 Å². The fourth-order valence-corrected chi connectivity index (χ4v) is 4.01. The van der Waals surface area contributed by atoms with E-state index in [1.807, 2.05) is 48.7 Å². The van der Waals surface area contributed by atoms with E-state index >= 15 is 0 Å². The monoisotopic (exact) mass is 442 g/mol. The molecule has 8 heteroatoms. The molecular weight excluding hydrogens is 420 g/mol. The lowest BCUT2D eigenvalue weighted by atomic mass is 10.2. The van der Waals surface area contributed by atoms with E-state index in [0.717, 1.165) is 27.1 Å². The third-order valence-corrected chi connectivity index (χ3v) is 6.00. The highest BCUT2D eigenvalue weighted by atomic mass is 32.2. The number of amides is 3. The molecule has 1 aliphatic rings. The van der Waals surface area contributed by atoms with Crippen LogP contribution in [0.4, 0.5) is 4.79 Å². The predicted octanol–water partition coefficient (Wildman–Crippen LogP) is 4.03. The van der Waals surface area contributed by atoms with Gasteiger partial charge in [-0.25, -0.2) is 0 Å². The van der Waals surface area contributed by atoms with Crippen LogP contribution in [0.1, 0.15) is 12.5 Å². The quantitative estimate of drug-likeness (QED) is 0.491. The van der Waals surface area contributed by atoms with Gasteiger partial charge in [-0.2, -0.15) is 0 Å². The summed E-state index contributed by atoms with van der Waals surface area (Å²) in [5.74, 6) is -0.0567. The second kappa shape index (κ2) is 10.4. The van der Waals surface area contributed by atoms with E-state index in [1.54, 1.807) is 36.9 Å². The van der Waals surface area contributed by atoms with E-state index in [1.165, 1.54) is 0 Å². The van der Waals surface area contributed by atoms with E-state index in [4.69, 9.17) is 4.74 Å². The minimum atomic E-state index is -0.688. The Morgan fingerprint density at radius 3 is 2.53 bits per heavy atom. The zero-order valence-electron chi connectivity index (χ0n) is 16.7. The average molecular weight is 443 g/mol. The van der Waals surface area contributed by atoms with E-state index in [2.05, 4.69) is 5.32 Å². The van der Waals surface area contributed by atoms with E-state index in [9.17, 15) is 14.4 Å². The molecule has 1 saturated heterocycles. The third kappa shape index (κ3) is 5.67. The first kappa shape index (κ1) is 22.0. The number of thioether (sulfide) groups is 2. The Hall–Kier alpha value is -2.71. The van der Waals surface area contributed by atoms with Crippen molar-refractivity contribution in [2.24, 2.45) is 0 Å². The van der Waals surface area contributed by atoms with Crippen LogP contribution in [-0.2, 0) is 9.59 Å². The van der Waals surface area contributed by atoms with Gasteiger partial charge in [0, 0.05) is 18.0 Å². The minimum Gasteiger partial charge on any atom is -0.481 e. The molecule has 0 aliphatic carbocycles. The third-order valence-electron chi connectivity index (χ3n) is 4.35. The SMILES string of the molecule is CSc1ccc(/C=C2/SC(=O)N(CCNC(=O)[C@H](C)Oc3ccccc3)C2=O)cc1. The molecule has 2 aromatic carbocycles. The standard InChI is InChI=1S/C22H22N2O4S2/c1-15(28-17-6-4-3-5-7-17)20(25)23-12-13-24-21(26)19(30-22(24)27)14-16-8-10-18(29-2)11-9-16/h3-11,14-15H,12-13H2,1-2H3,(H,23,25)/b19-14+/t15-/m0/s1. The summed E-state index contributed by atoms with van der Waals surface area (Å²) in [6.07, 6.45) is 3.02. The van der Waals surface area contributed by atoms with Gasteiger partial charge >= 0.3 is 0 Å². The zero-order valence-corrected chi connectivity index (χ0v) is 18.3. The minimum absolute atomic E-state index is 0.108. The highest BCUT2D eigenvalue weighted by molar-refractivity contribution is 8.18. The highest BCUT2D eigenvalue weighted by Crippen LogP contribution is 2.32. The number of nitrogens with zero attached hydrogens (tertiary/aromatic N) is 1. The molecule has 6 nitrogen and oxygen atoms in total. The smallest absolute Gasteiger partial charge is 0.293 e. The molecule has 1 aliphatic heterocycles. The van der Waals surface area contributed by atoms with Crippen molar-refractivity contribution in [3.8, 4) is 5.75 Å². The van der Waals surface area contributed by atoms with Crippen LogP contribution in [0.15, 0.2) is 64.4 Å². The Morgan fingerprint density at radius 2 is 1.87 bits per heavy atom. The van der Waals surface area contributed by atoms with Crippen LogP contribution in [0.5, 0.6) is 5.75 Å². The number of nitrogens with one attached hydrogen (secondary N) is 1. The molecule has 0 aromatic heterocycles. The Bertz CT molecular complexity index is 945. The van der Waals surface area contributed by atoms with Crippen molar-refractivity contribution in [1.82, 2.24) is 10.2 Å². The first-order valence-electron chi connectivity index (χ1n) is 9.37. The number of hydrogen-bond donors (Lipinski definition) is 1. The Balaban J connectivity index is 1.51. The Morgan fingerprint density at radius 1 is 1.17 bits per heavy atom. The number of para-hydroxylation sites is 1. The molecule has 156 valence electrons. The molecular formula is C22H22N2O4S2. The fourth-order valence-electron chi connectivity index (χ4n) is 2.74. The summed E-state index contributed by atoms with van der Waals surface area (Å²) in [6.45, 7) is 1.92. The van der Waals surface area contributed by atoms with Gasteiger partial charge in [0.05, 0.1) is 4.91 Å². The lowest BCUT2D eigenvalue weighted by Gasteiger charge is -2.16. The van der Waals surface area contributed by atoms with Crippen molar-refractivity contribution >= 4 is 46.7 Å². The van der Waals surface area contributed by atoms with Gasteiger partial charge in [-0.3, -0.25) is 19.3 Å². The summed E-state index contributed by atoms with van der Waals surface area (Å²) in [4.78, 5) is 39.6.